The molecule has 4 heteroatoms. The van der Waals surface area contributed by atoms with Crippen molar-refractivity contribution in [2.45, 2.75) is 65.5 Å². The van der Waals surface area contributed by atoms with E-state index in [2.05, 4.69) is 83.1 Å². The van der Waals surface area contributed by atoms with E-state index in [1.807, 2.05) is 0 Å². The largest absolute Gasteiger partial charge is 1.00 e. The SMILES string of the molecule is Cc1ccc(OCC(O)C[N+]2(Cc3ccccc3)CCC(C)CC2)c(C(C)(C)C)c1.[Cl-]. The van der Waals surface area contributed by atoms with E-state index in [1.54, 1.807) is 0 Å². The van der Waals surface area contributed by atoms with Gasteiger partial charge in [-0.05, 0) is 42.7 Å². The van der Waals surface area contributed by atoms with Gasteiger partial charge in [-0.1, -0.05) is 75.7 Å². The summed E-state index contributed by atoms with van der Waals surface area (Å²) in [5.74, 6) is 1.68. The molecule has 1 unspecified atom stereocenters. The van der Waals surface area contributed by atoms with Crippen molar-refractivity contribution in [3.05, 3.63) is 65.2 Å². The Morgan fingerprint density at radius 1 is 1.06 bits per heavy atom. The van der Waals surface area contributed by atoms with Gasteiger partial charge in [-0.25, -0.2) is 0 Å². The summed E-state index contributed by atoms with van der Waals surface area (Å²) in [5, 5.41) is 11.0. The zero-order chi connectivity index (χ0) is 21.8. The summed E-state index contributed by atoms with van der Waals surface area (Å²) in [7, 11) is 0. The number of nitrogens with zero attached hydrogens (tertiary/aromatic N) is 1. The molecule has 0 aromatic heterocycles. The first kappa shape index (κ1) is 25.7. The zero-order valence-corrected chi connectivity index (χ0v) is 20.7. The molecule has 1 aliphatic heterocycles. The number of likely N-dealkylation sites (tertiary alicyclic amines) is 1. The highest BCUT2D eigenvalue weighted by molar-refractivity contribution is 5.41. The van der Waals surface area contributed by atoms with Crippen LogP contribution in [0.5, 0.6) is 5.75 Å². The van der Waals surface area contributed by atoms with Gasteiger partial charge in [0.2, 0.25) is 0 Å². The lowest BCUT2D eigenvalue weighted by Crippen LogP contribution is -3.00. The number of piperidine rings is 1. The minimum atomic E-state index is -0.476. The van der Waals surface area contributed by atoms with E-state index in [1.165, 1.54) is 29.5 Å². The fraction of sp³-hybridized carbons (Fsp3) is 0.556. The number of rotatable bonds is 7. The second-order valence-electron chi connectivity index (χ2n) is 10.5. The van der Waals surface area contributed by atoms with E-state index in [0.717, 1.165) is 42.3 Å². The van der Waals surface area contributed by atoms with Crippen LogP contribution in [0.2, 0.25) is 0 Å². The molecule has 2 aromatic carbocycles. The molecule has 0 bridgehead atoms. The summed E-state index contributed by atoms with van der Waals surface area (Å²) in [4.78, 5) is 0. The van der Waals surface area contributed by atoms with Crippen LogP contribution in [0.4, 0.5) is 0 Å². The Kier molecular flexibility index (Phi) is 9.00. The molecule has 172 valence electrons. The van der Waals surface area contributed by atoms with Crippen LogP contribution >= 0.6 is 0 Å². The van der Waals surface area contributed by atoms with Crippen LogP contribution < -0.4 is 17.1 Å². The molecule has 1 N–H and O–H groups in total. The minimum absolute atomic E-state index is 0. The van der Waals surface area contributed by atoms with Gasteiger partial charge in [0.1, 0.15) is 31.5 Å². The standard InChI is InChI=1S/C27H40NO2.ClH/c1-21-13-15-28(16-14-21,18-23-9-7-6-8-10-23)19-24(29)20-30-26-12-11-22(2)17-25(26)27(3,4)5;/h6-12,17,21,24,29H,13-16,18-20H2,1-5H3;1H/q+1;/p-1. The van der Waals surface area contributed by atoms with E-state index >= 15 is 0 Å². The lowest BCUT2D eigenvalue weighted by Gasteiger charge is -2.44. The normalized spacial score (nSPS) is 22.5. The average molecular weight is 446 g/mol. The van der Waals surface area contributed by atoms with Gasteiger partial charge in [0, 0.05) is 5.56 Å². The zero-order valence-electron chi connectivity index (χ0n) is 19.9. The summed E-state index contributed by atoms with van der Waals surface area (Å²) in [6.07, 6.45) is 1.98. The second-order valence-corrected chi connectivity index (χ2v) is 10.5. The Labute approximate surface area is 195 Å². The van der Waals surface area contributed by atoms with Crippen LogP contribution in [-0.4, -0.2) is 41.9 Å². The molecule has 3 nitrogen and oxygen atoms in total. The quantitative estimate of drug-likeness (QED) is 0.663. The van der Waals surface area contributed by atoms with Crippen LogP contribution in [0.1, 0.15) is 57.2 Å². The van der Waals surface area contributed by atoms with Gasteiger partial charge < -0.3 is 26.7 Å². The van der Waals surface area contributed by atoms with Crippen molar-refractivity contribution in [1.29, 1.82) is 0 Å². The first-order chi connectivity index (χ1) is 14.2. The molecule has 0 amide bonds. The first-order valence-electron chi connectivity index (χ1n) is 11.5. The van der Waals surface area contributed by atoms with E-state index in [9.17, 15) is 5.11 Å². The highest BCUT2D eigenvalue weighted by atomic mass is 35.5. The van der Waals surface area contributed by atoms with Crippen LogP contribution in [0.3, 0.4) is 0 Å². The molecule has 3 rings (SSSR count). The Balaban J connectivity index is 0.00000341. The van der Waals surface area contributed by atoms with Gasteiger partial charge in [-0.3, -0.25) is 0 Å². The molecule has 1 atom stereocenters. The van der Waals surface area contributed by atoms with Gasteiger partial charge in [-0.2, -0.15) is 0 Å². The maximum Gasteiger partial charge on any atom is 0.137 e. The fourth-order valence-corrected chi connectivity index (χ4v) is 4.66. The van der Waals surface area contributed by atoms with Crippen molar-refractivity contribution in [1.82, 2.24) is 0 Å². The van der Waals surface area contributed by atoms with Crippen LogP contribution in [-0.2, 0) is 12.0 Å². The summed E-state index contributed by atoms with van der Waals surface area (Å²) < 4.78 is 7.14. The smallest absolute Gasteiger partial charge is 0.137 e. The van der Waals surface area contributed by atoms with Gasteiger partial charge in [0.15, 0.2) is 0 Å². The third kappa shape index (κ3) is 7.24. The first-order valence-corrected chi connectivity index (χ1v) is 11.5. The molecular formula is C27H40ClNO2. The molecule has 31 heavy (non-hydrogen) atoms. The summed E-state index contributed by atoms with van der Waals surface area (Å²) >= 11 is 0. The highest BCUT2D eigenvalue weighted by Crippen LogP contribution is 2.32. The molecule has 2 aromatic rings. The topological polar surface area (TPSA) is 29.5 Å². The molecule has 1 fully saturated rings. The number of benzene rings is 2. The predicted octanol–water partition coefficient (Wildman–Crippen LogP) is 2.48. The van der Waals surface area contributed by atoms with Crippen molar-refractivity contribution < 1.29 is 26.7 Å². The molecule has 0 saturated carbocycles. The van der Waals surface area contributed by atoms with E-state index in [-0.39, 0.29) is 17.8 Å². The molecule has 0 aliphatic carbocycles. The fourth-order valence-electron chi connectivity index (χ4n) is 4.66. The van der Waals surface area contributed by atoms with Crippen LogP contribution in [0, 0.1) is 12.8 Å². The van der Waals surface area contributed by atoms with Gasteiger partial charge in [0.05, 0.1) is 13.1 Å². The van der Waals surface area contributed by atoms with Crippen molar-refractivity contribution >= 4 is 0 Å². The van der Waals surface area contributed by atoms with Crippen molar-refractivity contribution in [2.75, 3.05) is 26.2 Å². The summed E-state index contributed by atoms with van der Waals surface area (Å²) in [5.41, 5.74) is 3.81. The van der Waals surface area contributed by atoms with E-state index in [4.69, 9.17) is 4.74 Å². The Hall–Kier alpha value is -1.55. The number of hydrogen-bond acceptors (Lipinski definition) is 2. The molecular weight excluding hydrogens is 406 g/mol. The van der Waals surface area contributed by atoms with E-state index < -0.39 is 6.10 Å². The van der Waals surface area contributed by atoms with Crippen LogP contribution in [0.15, 0.2) is 48.5 Å². The van der Waals surface area contributed by atoms with Crippen molar-refractivity contribution in [3.63, 3.8) is 0 Å². The third-order valence-electron chi connectivity index (χ3n) is 6.53. The number of quaternary nitrogens is 1. The number of aryl methyl sites for hydroxylation is 1. The predicted molar refractivity (Wildman–Crippen MR) is 125 cm³/mol. The number of halogens is 1. The third-order valence-corrected chi connectivity index (χ3v) is 6.53. The second kappa shape index (κ2) is 10.8. The number of hydrogen-bond donors (Lipinski definition) is 1. The molecule has 1 saturated heterocycles. The van der Waals surface area contributed by atoms with Gasteiger partial charge >= 0.3 is 0 Å². The van der Waals surface area contributed by atoms with Gasteiger partial charge in [-0.15, -0.1) is 0 Å². The number of ether oxygens (including phenoxy) is 1. The van der Waals surface area contributed by atoms with Crippen molar-refractivity contribution in [3.8, 4) is 5.75 Å². The average Bonchev–Trinajstić information content (AvgIpc) is 2.69. The lowest BCUT2D eigenvalue weighted by molar-refractivity contribution is -0.948. The lowest BCUT2D eigenvalue weighted by atomic mass is 9.85. The molecule has 0 spiro atoms. The number of aliphatic hydroxyl groups excluding tert-OH is 1. The van der Waals surface area contributed by atoms with Crippen LogP contribution in [0.25, 0.3) is 0 Å². The summed E-state index contributed by atoms with van der Waals surface area (Å²) in [6.45, 7) is 15.4. The highest BCUT2D eigenvalue weighted by Gasteiger charge is 2.35. The Morgan fingerprint density at radius 3 is 2.32 bits per heavy atom. The monoisotopic (exact) mass is 445 g/mol. The molecule has 0 radical (unpaired) electrons. The molecule has 1 aliphatic rings. The maximum absolute atomic E-state index is 11.0. The minimum Gasteiger partial charge on any atom is -1.00 e. The summed E-state index contributed by atoms with van der Waals surface area (Å²) in [6, 6.07) is 17.1. The number of aliphatic hydroxyl groups is 1. The Bertz CT molecular complexity index is 808. The van der Waals surface area contributed by atoms with E-state index in [0.29, 0.717) is 6.61 Å². The molecule has 1 heterocycles. The van der Waals surface area contributed by atoms with Crippen molar-refractivity contribution in [2.24, 2.45) is 5.92 Å². The maximum atomic E-state index is 11.0. The Morgan fingerprint density at radius 2 is 1.71 bits per heavy atom. The van der Waals surface area contributed by atoms with Gasteiger partial charge in [0.25, 0.3) is 0 Å².